The van der Waals surface area contributed by atoms with Crippen LogP contribution in [-0.4, -0.2) is 54.6 Å². The zero-order valence-corrected chi connectivity index (χ0v) is 18.7. The first-order valence-electron chi connectivity index (χ1n) is 11.6. The van der Waals surface area contributed by atoms with E-state index in [4.69, 9.17) is 4.74 Å². The van der Waals surface area contributed by atoms with Gasteiger partial charge in [0.15, 0.2) is 0 Å². The standard InChI is InChI=1S/C26H32F2N2O2/c1-19-5-2-3-6-21(19)17-29-12-10-20(11-13-29)16-30(18-23-7-4-14-32-23)26(31)24-9-8-22(27)15-25(24)28/h2-3,5-6,8-9,15,20,23H,4,7,10-14,16-18H2,1H3. The third kappa shape index (κ3) is 5.73. The second kappa shape index (κ2) is 10.5. The third-order valence-corrected chi connectivity index (χ3v) is 6.74. The average molecular weight is 443 g/mol. The van der Waals surface area contributed by atoms with E-state index in [1.165, 1.54) is 17.2 Å². The normalized spacial score (nSPS) is 19.9. The number of amides is 1. The number of benzene rings is 2. The van der Waals surface area contributed by atoms with Gasteiger partial charge in [-0.2, -0.15) is 0 Å². The van der Waals surface area contributed by atoms with Crippen molar-refractivity contribution < 1.29 is 18.3 Å². The Hall–Kier alpha value is -2.31. The van der Waals surface area contributed by atoms with Crippen molar-refractivity contribution in [1.82, 2.24) is 9.80 Å². The number of piperidine rings is 1. The SMILES string of the molecule is Cc1ccccc1CN1CCC(CN(CC2CCCO2)C(=O)c2ccc(F)cc2F)CC1. The molecule has 0 saturated carbocycles. The predicted octanol–water partition coefficient (Wildman–Crippen LogP) is 4.81. The van der Waals surface area contributed by atoms with Crippen molar-refractivity contribution in [3.63, 3.8) is 0 Å². The first-order chi connectivity index (χ1) is 15.5. The quantitative estimate of drug-likeness (QED) is 0.617. The van der Waals surface area contributed by atoms with Gasteiger partial charge in [0.1, 0.15) is 11.6 Å². The summed E-state index contributed by atoms with van der Waals surface area (Å²) in [6, 6.07) is 11.6. The molecule has 0 spiro atoms. The van der Waals surface area contributed by atoms with Crippen molar-refractivity contribution in [3.05, 3.63) is 70.8 Å². The number of carbonyl (C=O) groups excluding carboxylic acids is 1. The maximum Gasteiger partial charge on any atom is 0.256 e. The molecule has 2 aliphatic heterocycles. The summed E-state index contributed by atoms with van der Waals surface area (Å²) < 4.78 is 33.4. The third-order valence-electron chi connectivity index (χ3n) is 6.74. The second-order valence-electron chi connectivity index (χ2n) is 9.12. The van der Waals surface area contributed by atoms with E-state index in [1.54, 1.807) is 4.90 Å². The molecule has 0 N–H and O–H groups in total. The van der Waals surface area contributed by atoms with Crippen molar-refractivity contribution in [1.29, 1.82) is 0 Å². The minimum Gasteiger partial charge on any atom is -0.376 e. The van der Waals surface area contributed by atoms with E-state index in [2.05, 4.69) is 36.1 Å². The number of rotatable bonds is 7. The van der Waals surface area contributed by atoms with Crippen molar-refractivity contribution >= 4 is 5.91 Å². The van der Waals surface area contributed by atoms with E-state index < -0.39 is 11.6 Å². The highest BCUT2D eigenvalue weighted by atomic mass is 19.1. The Labute approximate surface area is 189 Å². The Balaban J connectivity index is 1.39. The molecule has 4 rings (SSSR count). The van der Waals surface area contributed by atoms with Crippen molar-refractivity contribution in [2.24, 2.45) is 5.92 Å². The number of nitrogens with zero attached hydrogens (tertiary/aromatic N) is 2. The lowest BCUT2D eigenvalue weighted by Crippen LogP contribution is -2.43. The Kier molecular flexibility index (Phi) is 7.53. The van der Waals surface area contributed by atoms with Crippen LogP contribution in [0.4, 0.5) is 8.78 Å². The molecule has 32 heavy (non-hydrogen) atoms. The molecule has 1 unspecified atom stereocenters. The Bertz CT molecular complexity index is 922. The number of aryl methyl sites for hydroxylation is 1. The number of hydrogen-bond donors (Lipinski definition) is 0. The summed E-state index contributed by atoms with van der Waals surface area (Å²) in [4.78, 5) is 17.4. The molecular formula is C26H32F2N2O2. The molecule has 2 saturated heterocycles. The lowest BCUT2D eigenvalue weighted by Gasteiger charge is -2.36. The molecule has 1 atom stereocenters. The number of carbonyl (C=O) groups is 1. The maximum atomic E-state index is 14.3. The van der Waals surface area contributed by atoms with Gasteiger partial charge in [0, 0.05) is 32.3 Å². The highest BCUT2D eigenvalue weighted by Gasteiger charge is 2.29. The van der Waals surface area contributed by atoms with Crippen LogP contribution < -0.4 is 0 Å². The molecule has 0 aromatic heterocycles. The van der Waals surface area contributed by atoms with E-state index in [0.29, 0.717) is 25.6 Å². The molecule has 2 fully saturated rings. The van der Waals surface area contributed by atoms with Crippen LogP contribution in [0.25, 0.3) is 0 Å². The van der Waals surface area contributed by atoms with Crippen LogP contribution in [-0.2, 0) is 11.3 Å². The number of ether oxygens (including phenoxy) is 1. The Morgan fingerprint density at radius 3 is 2.56 bits per heavy atom. The number of halogens is 2. The lowest BCUT2D eigenvalue weighted by atomic mass is 9.95. The zero-order chi connectivity index (χ0) is 22.5. The molecule has 0 bridgehead atoms. The van der Waals surface area contributed by atoms with E-state index in [1.807, 2.05) is 0 Å². The molecular weight excluding hydrogens is 410 g/mol. The van der Waals surface area contributed by atoms with Crippen LogP contribution >= 0.6 is 0 Å². The van der Waals surface area contributed by atoms with Gasteiger partial charge in [-0.25, -0.2) is 8.78 Å². The highest BCUT2D eigenvalue weighted by Crippen LogP contribution is 2.24. The average Bonchev–Trinajstić information content (AvgIpc) is 3.29. The van der Waals surface area contributed by atoms with E-state index >= 15 is 0 Å². The number of hydrogen-bond acceptors (Lipinski definition) is 3. The van der Waals surface area contributed by atoms with Gasteiger partial charge in [0.25, 0.3) is 5.91 Å². The summed E-state index contributed by atoms with van der Waals surface area (Å²) in [6.45, 7) is 6.78. The van der Waals surface area contributed by atoms with Crippen molar-refractivity contribution in [3.8, 4) is 0 Å². The predicted molar refractivity (Wildman–Crippen MR) is 120 cm³/mol. The number of likely N-dealkylation sites (tertiary alicyclic amines) is 1. The largest absolute Gasteiger partial charge is 0.376 e. The van der Waals surface area contributed by atoms with Crippen LogP contribution in [0.5, 0.6) is 0 Å². The molecule has 0 radical (unpaired) electrons. The van der Waals surface area contributed by atoms with Gasteiger partial charge in [-0.05, 0) is 74.9 Å². The van der Waals surface area contributed by atoms with Crippen LogP contribution in [0, 0.1) is 24.5 Å². The molecule has 4 nitrogen and oxygen atoms in total. The highest BCUT2D eigenvalue weighted by molar-refractivity contribution is 5.94. The monoisotopic (exact) mass is 442 g/mol. The maximum absolute atomic E-state index is 14.3. The first kappa shape index (κ1) is 22.9. The fourth-order valence-corrected chi connectivity index (χ4v) is 4.77. The van der Waals surface area contributed by atoms with Crippen molar-refractivity contribution in [2.45, 2.75) is 45.3 Å². The summed E-state index contributed by atoms with van der Waals surface area (Å²) in [5.41, 5.74) is 2.60. The molecule has 0 aliphatic carbocycles. The van der Waals surface area contributed by atoms with Crippen molar-refractivity contribution in [2.75, 3.05) is 32.8 Å². The fourth-order valence-electron chi connectivity index (χ4n) is 4.77. The molecule has 2 aliphatic rings. The summed E-state index contributed by atoms with van der Waals surface area (Å²) in [5.74, 6) is -1.50. The zero-order valence-electron chi connectivity index (χ0n) is 18.7. The molecule has 2 heterocycles. The van der Waals surface area contributed by atoms with Crippen LogP contribution in [0.1, 0.15) is 47.2 Å². The van der Waals surface area contributed by atoms with E-state index in [0.717, 1.165) is 57.5 Å². The van der Waals surface area contributed by atoms with Crippen LogP contribution in [0.2, 0.25) is 0 Å². The summed E-state index contributed by atoms with van der Waals surface area (Å²) in [5, 5.41) is 0. The molecule has 1 amide bonds. The smallest absolute Gasteiger partial charge is 0.256 e. The van der Waals surface area contributed by atoms with Crippen LogP contribution in [0.3, 0.4) is 0 Å². The summed E-state index contributed by atoms with van der Waals surface area (Å²) >= 11 is 0. The first-order valence-corrected chi connectivity index (χ1v) is 11.6. The van der Waals surface area contributed by atoms with E-state index in [9.17, 15) is 13.6 Å². The Morgan fingerprint density at radius 1 is 1.09 bits per heavy atom. The van der Waals surface area contributed by atoms with Gasteiger partial charge in [-0.15, -0.1) is 0 Å². The van der Waals surface area contributed by atoms with E-state index in [-0.39, 0.29) is 17.6 Å². The van der Waals surface area contributed by atoms with Gasteiger partial charge in [-0.1, -0.05) is 24.3 Å². The van der Waals surface area contributed by atoms with Gasteiger partial charge in [-0.3, -0.25) is 9.69 Å². The minimum atomic E-state index is -0.805. The van der Waals surface area contributed by atoms with Gasteiger partial charge >= 0.3 is 0 Å². The molecule has 2 aromatic rings. The summed E-state index contributed by atoms with van der Waals surface area (Å²) in [7, 11) is 0. The van der Waals surface area contributed by atoms with Gasteiger partial charge in [0.05, 0.1) is 11.7 Å². The molecule has 2 aromatic carbocycles. The summed E-state index contributed by atoms with van der Waals surface area (Å²) in [6.07, 6.45) is 3.86. The second-order valence-corrected chi connectivity index (χ2v) is 9.12. The van der Waals surface area contributed by atoms with Gasteiger partial charge < -0.3 is 9.64 Å². The van der Waals surface area contributed by atoms with Gasteiger partial charge in [0.2, 0.25) is 0 Å². The fraction of sp³-hybridized carbons (Fsp3) is 0.500. The molecule has 6 heteroatoms. The lowest BCUT2D eigenvalue weighted by molar-refractivity contribution is 0.0441. The Morgan fingerprint density at radius 2 is 1.88 bits per heavy atom. The molecule has 172 valence electrons. The topological polar surface area (TPSA) is 32.8 Å². The van der Waals surface area contributed by atoms with Crippen LogP contribution in [0.15, 0.2) is 42.5 Å². The minimum absolute atomic E-state index is 0.0106.